The predicted octanol–water partition coefficient (Wildman–Crippen LogP) is 5.41. The second kappa shape index (κ2) is 13.3. The van der Waals surface area contributed by atoms with Crippen LogP contribution in [0.2, 0.25) is 0 Å². The Kier molecular flexibility index (Phi) is 9.67. The summed E-state index contributed by atoms with van der Waals surface area (Å²) < 4.78 is 13.0. The van der Waals surface area contributed by atoms with Gasteiger partial charge < -0.3 is 30.1 Å². The van der Waals surface area contributed by atoms with E-state index in [1.807, 2.05) is 92.0 Å². The zero-order valence-electron chi connectivity index (χ0n) is 22.0. The van der Waals surface area contributed by atoms with E-state index in [1.54, 1.807) is 0 Å². The Morgan fingerprint density at radius 3 is 2.47 bits per heavy atom. The molecule has 4 rings (SSSR count). The largest absolute Gasteiger partial charge is 0.392 e. The van der Waals surface area contributed by atoms with Gasteiger partial charge in [0.15, 0.2) is 6.29 Å². The molecule has 0 aromatic heterocycles. The topological polar surface area (TPSA) is 83.1 Å². The number of aliphatic hydroxyl groups excluding tert-OH is 1. The zero-order chi connectivity index (χ0) is 26.9. The van der Waals surface area contributed by atoms with Crippen molar-refractivity contribution < 1.29 is 19.4 Å². The lowest BCUT2D eigenvalue weighted by molar-refractivity contribution is -0.275. The van der Waals surface area contributed by atoms with Gasteiger partial charge in [-0.05, 0) is 35.9 Å². The molecule has 38 heavy (non-hydrogen) atoms. The van der Waals surface area contributed by atoms with Crippen molar-refractivity contribution in [3.63, 3.8) is 0 Å². The summed E-state index contributed by atoms with van der Waals surface area (Å²) >= 11 is 0. The van der Waals surface area contributed by atoms with Gasteiger partial charge in [-0.25, -0.2) is 4.79 Å². The number of urea groups is 1. The first-order valence-corrected chi connectivity index (χ1v) is 13.0. The van der Waals surface area contributed by atoms with E-state index in [9.17, 15) is 9.90 Å². The summed E-state index contributed by atoms with van der Waals surface area (Å²) in [5.41, 5.74) is 4.40. The fourth-order valence-corrected chi connectivity index (χ4v) is 4.65. The molecule has 0 bridgehead atoms. The third kappa shape index (κ3) is 7.30. The van der Waals surface area contributed by atoms with Crippen LogP contribution in [0.15, 0.2) is 91.5 Å². The minimum atomic E-state index is -0.607. The molecule has 1 aliphatic rings. The Morgan fingerprint density at radius 1 is 1.00 bits per heavy atom. The third-order valence-corrected chi connectivity index (χ3v) is 6.77. The molecule has 0 aliphatic carbocycles. The van der Waals surface area contributed by atoms with Crippen molar-refractivity contribution in [3.05, 3.63) is 114 Å². The van der Waals surface area contributed by atoms with Gasteiger partial charge in [-0.1, -0.05) is 79.7 Å². The fourth-order valence-electron chi connectivity index (χ4n) is 4.65. The van der Waals surface area contributed by atoms with Crippen LogP contribution in [0.4, 0.5) is 10.5 Å². The van der Waals surface area contributed by atoms with E-state index in [0.29, 0.717) is 12.2 Å². The maximum Gasteiger partial charge on any atom is 0.319 e. The van der Waals surface area contributed by atoms with Crippen LogP contribution in [0.3, 0.4) is 0 Å². The summed E-state index contributed by atoms with van der Waals surface area (Å²) in [5, 5.41) is 15.3. The Hall–Kier alpha value is -3.49. The molecule has 2 amide bonds. The number of likely N-dealkylation sites (N-methyl/N-ethyl adjacent to an activating group) is 1. The van der Waals surface area contributed by atoms with Crippen molar-refractivity contribution in [1.82, 2.24) is 10.2 Å². The molecule has 0 saturated carbocycles. The number of hydrogen-bond donors (Lipinski definition) is 3. The van der Waals surface area contributed by atoms with Crippen molar-refractivity contribution in [2.75, 3.05) is 25.5 Å². The second-order valence-corrected chi connectivity index (χ2v) is 9.75. The highest BCUT2D eigenvalue weighted by Crippen LogP contribution is 2.42. The first-order chi connectivity index (χ1) is 18.5. The highest BCUT2D eigenvalue weighted by Gasteiger charge is 2.38. The number of rotatable bonds is 10. The first-order valence-electron chi connectivity index (χ1n) is 13.0. The number of nitrogens with zero attached hydrogens (tertiary/aromatic N) is 1. The molecule has 7 nitrogen and oxygen atoms in total. The van der Waals surface area contributed by atoms with E-state index in [1.165, 1.54) is 0 Å². The van der Waals surface area contributed by atoms with Crippen LogP contribution in [0.5, 0.6) is 0 Å². The number of carbonyl (C=O) groups excluding carboxylic acids is 1. The number of benzene rings is 3. The lowest BCUT2D eigenvalue weighted by Crippen LogP contribution is -2.43. The monoisotopic (exact) mass is 515 g/mol. The number of anilines is 1. The lowest BCUT2D eigenvalue weighted by Gasteiger charge is -2.42. The number of ether oxygens (including phenoxy) is 2. The maximum atomic E-state index is 12.5. The minimum absolute atomic E-state index is 0.000778. The highest BCUT2D eigenvalue weighted by atomic mass is 16.7. The Bertz CT molecular complexity index is 1190. The normalized spacial score (nSPS) is 21.2. The molecule has 4 atom stereocenters. The van der Waals surface area contributed by atoms with E-state index < -0.39 is 6.29 Å². The summed E-state index contributed by atoms with van der Waals surface area (Å²) in [6.45, 7) is 7.91. The zero-order valence-corrected chi connectivity index (χ0v) is 22.0. The first kappa shape index (κ1) is 27.5. The maximum absolute atomic E-state index is 12.5. The average Bonchev–Trinajstić information content (AvgIpc) is 2.94. The molecule has 0 radical (unpaired) electrons. The van der Waals surface area contributed by atoms with Gasteiger partial charge in [-0.3, -0.25) is 0 Å². The Morgan fingerprint density at radius 2 is 1.76 bits per heavy atom. The Balaban J connectivity index is 1.50. The quantitative estimate of drug-likeness (QED) is 0.315. The van der Waals surface area contributed by atoms with Crippen molar-refractivity contribution in [2.24, 2.45) is 5.92 Å². The van der Waals surface area contributed by atoms with Crippen molar-refractivity contribution in [2.45, 2.75) is 38.6 Å². The summed E-state index contributed by atoms with van der Waals surface area (Å²) in [7, 11) is 2.05. The smallest absolute Gasteiger partial charge is 0.319 e. The molecule has 4 unspecified atom stereocenters. The SMILES string of the molecule is C=CCN(C)CC1OC(c2cccc(NC(=O)NCc3ccccc3)c2)OC(c2ccc(CO)cc2)C1C. The van der Waals surface area contributed by atoms with Crippen molar-refractivity contribution in [1.29, 1.82) is 0 Å². The second-order valence-electron chi connectivity index (χ2n) is 9.75. The third-order valence-electron chi connectivity index (χ3n) is 6.77. The summed E-state index contributed by atoms with van der Waals surface area (Å²) in [5.74, 6) is 0.0866. The molecule has 1 aliphatic heterocycles. The van der Waals surface area contributed by atoms with Gasteiger partial charge in [0.05, 0.1) is 18.8 Å². The van der Waals surface area contributed by atoms with Gasteiger partial charge in [0, 0.05) is 36.8 Å². The molecular weight excluding hydrogens is 478 g/mol. The van der Waals surface area contributed by atoms with Crippen LogP contribution in [0.1, 0.15) is 41.6 Å². The summed E-state index contributed by atoms with van der Waals surface area (Å²) in [6.07, 6.45) is 0.983. The van der Waals surface area contributed by atoms with Crippen LogP contribution in [-0.2, 0) is 22.6 Å². The molecule has 0 spiro atoms. The van der Waals surface area contributed by atoms with Crippen LogP contribution in [-0.4, -0.2) is 42.3 Å². The Labute approximate surface area is 225 Å². The minimum Gasteiger partial charge on any atom is -0.392 e. The molecule has 3 N–H and O–H groups in total. The number of amides is 2. The molecule has 1 saturated heterocycles. The van der Waals surface area contributed by atoms with Crippen molar-refractivity contribution >= 4 is 11.7 Å². The average molecular weight is 516 g/mol. The van der Waals surface area contributed by atoms with Crippen LogP contribution in [0, 0.1) is 5.92 Å². The van der Waals surface area contributed by atoms with Gasteiger partial charge in [0.1, 0.15) is 0 Å². The van der Waals surface area contributed by atoms with Gasteiger partial charge in [0.2, 0.25) is 0 Å². The van der Waals surface area contributed by atoms with E-state index in [2.05, 4.69) is 29.0 Å². The highest BCUT2D eigenvalue weighted by molar-refractivity contribution is 5.89. The summed E-state index contributed by atoms with van der Waals surface area (Å²) in [4.78, 5) is 14.7. The van der Waals surface area contributed by atoms with Crippen molar-refractivity contribution in [3.8, 4) is 0 Å². The lowest BCUT2D eigenvalue weighted by atomic mass is 9.90. The molecule has 1 heterocycles. The van der Waals surface area contributed by atoms with Crippen LogP contribution < -0.4 is 10.6 Å². The van der Waals surface area contributed by atoms with Crippen LogP contribution >= 0.6 is 0 Å². The predicted molar refractivity (Wildman–Crippen MR) is 149 cm³/mol. The standard InChI is InChI=1S/C31H37N3O4/c1-4-17-34(3)20-28-22(2)29(25-15-13-24(21-35)14-16-25)38-30(37-28)26-11-8-12-27(18-26)33-31(36)32-19-23-9-6-5-7-10-23/h4-16,18,22,28-30,35H,1,17,19-21H2,2-3H3,(H2,32,33,36). The number of carbonyl (C=O) groups is 1. The molecule has 1 fully saturated rings. The molecule has 200 valence electrons. The summed E-state index contributed by atoms with van der Waals surface area (Å²) in [6, 6.07) is 24.9. The van der Waals surface area contributed by atoms with E-state index in [-0.39, 0.29) is 30.8 Å². The van der Waals surface area contributed by atoms with Gasteiger partial charge in [0.25, 0.3) is 0 Å². The van der Waals surface area contributed by atoms with Gasteiger partial charge >= 0.3 is 6.03 Å². The van der Waals surface area contributed by atoms with E-state index in [0.717, 1.165) is 35.3 Å². The van der Waals surface area contributed by atoms with Gasteiger partial charge in [-0.2, -0.15) is 0 Å². The van der Waals surface area contributed by atoms with Crippen LogP contribution in [0.25, 0.3) is 0 Å². The number of aliphatic hydroxyl groups is 1. The molecule has 7 heteroatoms. The number of hydrogen-bond acceptors (Lipinski definition) is 5. The number of nitrogens with one attached hydrogen (secondary N) is 2. The molecule has 3 aromatic rings. The molecule has 3 aromatic carbocycles. The molecular formula is C31H37N3O4. The fraction of sp³-hybridized carbons (Fsp3) is 0.323. The van der Waals surface area contributed by atoms with Gasteiger partial charge in [-0.15, -0.1) is 6.58 Å². The van der Waals surface area contributed by atoms with E-state index >= 15 is 0 Å². The van der Waals surface area contributed by atoms with E-state index in [4.69, 9.17) is 9.47 Å².